The second-order valence-corrected chi connectivity index (χ2v) is 8.18. The molecule has 0 radical (unpaired) electrons. The Labute approximate surface area is 168 Å². The van der Waals surface area contributed by atoms with Gasteiger partial charge in [-0.1, -0.05) is 66.7 Å². The minimum atomic E-state index is -3.30. The maximum absolute atomic E-state index is 13.2. The molecule has 0 saturated heterocycles. The third-order valence-electron chi connectivity index (χ3n) is 4.15. The quantitative estimate of drug-likeness (QED) is 0.601. The molecular formula is C22H19NO5S. The third kappa shape index (κ3) is 4.83. The van der Waals surface area contributed by atoms with Crippen LogP contribution in [-0.4, -0.2) is 27.2 Å². The normalized spacial score (nSPS) is 12.6. The third-order valence-corrected chi connectivity index (χ3v) is 5.71. The molecule has 148 valence electrons. The average molecular weight is 409 g/mol. The number of nitrogens with one attached hydrogen (secondary N) is 1. The molecule has 0 aromatic heterocycles. The summed E-state index contributed by atoms with van der Waals surface area (Å²) < 4.78 is 20.7. The molecule has 0 spiro atoms. The van der Waals surface area contributed by atoms with Crippen LogP contribution in [0.1, 0.15) is 15.9 Å². The van der Waals surface area contributed by atoms with E-state index in [-0.39, 0.29) is 17.1 Å². The van der Waals surface area contributed by atoms with E-state index in [2.05, 4.69) is 10.6 Å². The van der Waals surface area contributed by atoms with Gasteiger partial charge in [0, 0.05) is 0 Å². The molecule has 1 amide bonds. The van der Waals surface area contributed by atoms with Crippen LogP contribution in [0.15, 0.2) is 83.8 Å². The van der Waals surface area contributed by atoms with Gasteiger partial charge >= 0.3 is 12.1 Å². The van der Waals surface area contributed by atoms with E-state index >= 15 is 0 Å². The van der Waals surface area contributed by atoms with E-state index in [1.807, 2.05) is 18.2 Å². The molecular weight excluding hydrogens is 390 g/mol. The molecule has 0 bridgehead atoms. The van der Waals surface area contributed by atoms with Crippen LogP contribution in [0.4, 0.5) is 4.79 Å². The maximum Gasteiger partial charge on any atom is 0.419 e. The molecule has 1 atom stereocenters. The fourth-order valence-corrected chi connectivity index (χ4v) is 4.09. The van der Waals surface area contributed by atoms with Crippen molar-refractivity contribution in [2.75, 3.05) is 0 Å². The maximum atomic E-state index is 13.2. The van der Waals surface area contributed by atoms with Crippen LogP contribution in [0.2, 0.25) is 0 Å². The number of hydrogen-bond donors (Lipinski definition) is 2. The molecule has 1 unspecified atom stereocenters. The van der Waals surface area contributed by atoms with Crippen molar-refractivity contribution in [2.45, 2.75) is 11.5 Å². The van der Waals surface area contributed by atoms with E-state index in [1.54, 1.807) is 54.6 Å². The highest BCUT2D eigenvalue weighted by Gasteiger charge is 2.20. The highest BCUT2D eigenvalue weighted by Crippen LogP contribution is 2.30. The summed E-state index contributed by atoms with van der Waals surface area (Å²) in [5.74, 6) is 2.55. The molecule has 3 aromatic carbocycles. The first-order valence-corrected chi connectivity index (χ1v) is 10.4. The standard InChI is InChI=1S/C22H19NO5S/c1-29(27,23-22(26)28-15-16-9-3-2-4-10-16)20-14-8-7-12-18(20)17-11-5-6-13-19(17)21(24)25/h2-14H,1,15H2,(H,24,25)(H,23,26,27). The van der Waals surface area contributed by atoms with Crippen LogP contribution >= 0.6 is 0 Å². The summed E-state index contributed by atoms with van der Waals surface area (Å²) in [6, 6.07) is 22.0. The lowest BCUT2D eigenvalue weighted by Crippen LogP contribution is -2.31. The molecule has 2 N–H and O–H groups in total. The fourth-order valence-electron chi connectivity index (χ4n) is 2.82. The second-order valence-electron chi connectivity index (χ2n) is 6.19. The molecule has 3 aromatic rings. The molecule has 0 aliphatic carbocycles. The SMILES string of the molecule is C=S(=O)(NC(=O)OCc1ccccc1)c1ccccc1-c1ccccc1C(=O)O. The van der Waals surface area contributed by atoms with Crippen molar-refractivity contribution in [3.05, 3.63) is 90.0 Å². The highest BCUT2D eigenvalue weighted by molar-refractivity contribution is 7.99. The Hall–Kier alpha value is -3.58. The van der Waals surface area contributed by atoms with Crippen molar-refractivity contribution in [2.24, 2.45) is 0 Å². The molecule has 29 heavy (non-hydrogen) atoms. The van der Waals surface area contributed by atoms with Crippen molar-refractivity contribution < 1.29 is 23.6 Å². The van der Waals surface area contributed by atoms with E-state index in [9.17, 15) is 18.9 Å². The summed E-state index contributed by atoms with van der Waals surface area (Å²) in [6.45, 7) is 0.0195. The summed E-state index contributed by atoms with van der Waals surface area (Å²) in [7, 11) is -3.30. The molecule has 6 nitrogen and oxygen atoms in total. The van der Waals surface area contributed by atoms with Crippen molar-refractivity contribution >= 4 is 27.6 Å². The van der Waals surface area contributed by atoms with Gasteiger partial charge < -0.3 is 9.84 Å². The number of carboxylic acids is 1. The predicted octanol–water partition coefficient (Wildman–Crippen LogP) is 3.97. The first-order chi connectivity index (χ1) is 13.9. The van der Waals surface area contributed by atoms with Crippen molar-refractivity contribution in [1.82, 2.24) is 4.72 Å². The van der Waals surface area contributed by atoms with Gasteiger partial charge in [0.1, 0.15) is 6.61 Å². The molecule has 0 aliphatic rings. The van der Waals surface area contributed by atoms with E-state index in [4.69, 9.17) is 4.74 Å². The number of rotatable bonds is 6. The summed E-state index contributed by atoms with van der Waals surface area (Å²) in [4.78, 5) is 24.0. The van der Waals surface area contributed by atoms with Crippen LogP contribution in [0.3, 0.4) is 0 Å². The number of aromatic carboxylic acids is 1. The Morgan fingerprint density at radius 3 is 2.17 bits per heavy atom. The summed E-state index contributed by atoms with van der Waals surface area (Å²) in [6.07, 6.45) is -0.879. The first-order valence-electron chi connectivity index (χ1n) is 8.66. The number of hydrogen-bond acceptors (Lipinski definition) is 4. The van der Waals surface area contributed by atoms with Crippen LogP contribution in [0.5, 0.6) is 0 Å². The van der Waals surface area contributed by atoms with Gasteiger partial charge in [0.25, 0.3) is 0 Å². The van der Waals surface area contributed by atoms with Gasteiger partial charge in [-0.15, -0.1) is 0 Å². The van der Waals surface area contributed by atoms with E-state index < -0.39 is 21.8 Å². The number of carbonyl (C=O) groups is 2. The Bertz CT molecular complexity index is 1140. The molecule has 3 rings (SSSR count). The summed E-state index contributed by atoms with van der Waals surface area (Å²) in [5.41, 5.74) is 1.64. The van der Waals surface area contributed by atoms with Crippen LogP contribution in [-0.2, 0) is 21.1 Å². The summed E-state index contributed by atoms with van der Waals surface area (Å²) in [5, 5.41) is 9.47. The van der Waals surface area contributed by atoms with Crippen LogP contribution in [0, 0.1) is 0 Å². The number of amides is 1. The number of benzene rings is 3. The van der Waals surface area contributed by atoms with Crippen LogP contribution < -0.4 is 4.72 Å². The minimum absolute atomic E-state index is 0.0195. The lowest BCUT2D eigenvalue weighted by Gasteiger charge is -2.17. The number of ether oxygens (including phenoxy) is 1. The van der Waals surface area contributed by atoms with Gasteiger partial charge in [0.2, 0.25) is 0 Å². The van der Waals surface area contributed by atoms with Crippen molar-refractivity contribution in [1.29, 1.82) is 0 Å². The zero-order chi connectivity index (χ0) is 20.9. The van der Waals surface area contributed by atoms with Gasteiger partial charge in [0.05, 0.1) is 20.2 Å². The minimum Gasteiger partial charge on any atom is -0.478 e. The molecule has 0 saturated carbocycles. The van der Waals surface area contributed by atoms with E-state index in [0.717, 1.165) is 5.56 Å². The first kappa shape index (κ1) is 20.2. The van der Waals surface area contributed by atoms with Crippen molar-refractivity contribution in [3.8, 4) is 11.1 Å². The zero-order valence-electron chi connectivity index (χ0n) is 15.4. The number of carbonyl (C=O) groups excluding carboxylic acids is 1. The van der Waals surface area contributed by atoms with Gasteiger partial charge in [-0.3, -0.25) is 0 Å². The Kier molecular flexibility index (Phi) is 5.99. The van der Waals surface area contributed by atoms with E-state index in [1.165, 1.54) is 6.07 Å². The number of carboxylic acid groups (broad SMARTS) is 1. The highest BCUT2D eigenvalue weighted by atomic mass is 32.2. The van der Waals surface area contributed by atoms with Crippen molar-refractivity contribution in [3.63, 3.8) is 0 Å². The zero-order valence-corrected chi connectivity index (χ0v) is 16.2. The smallest absolute Gasteiger partial charge is 0.419 e. The molecule has 0 aliphatic heterocycles. The molecule has 7 heteroatoms. The van der Waals surface area contributed by atoms with Gasteiger partial charge in [-0.05, 0) is 34.7 Å². The average Bonchev–Trinajstić information content (AvgIpc) is 2.72. The van der Waals surface area contributed by atoms with Gasteiger partial charge in [-0.25, -0.2) is 18.5 Å². The Morgan fingerprint density at radius 1 is 0.897 bits per heavy atom. The van der Waals surface area contributed by atoms with Crippen LogP contribution in [0.25, 0.3) is 11.1 Å². The largest absolute Gasteiger partial charge is 0.478 e. The predicted molar refractivity (Wildman–Crippen MR) is 112 cm³/mol. The second kappa shape index (κ2) is 8.62. The Morgan fingerprint density at radius 2 is 1.48 bits per heavy atom. The van der Waals surface area contributed by atoms with Gasteiger partial charge in [-0.2, -0.15) is 0 Å². The molecule has 0 heterocycles. The lowest BCUT2D eigenvalue weighted by atomic mass is 10.00. The fraction of sp³-hybridized carbons (Fsp3) is 0.0455. The topological polar surface area (TPSA) is 92.7 Å². The van der Waals surface area contributed by atoms with E-state index in [0.29, 0.717) is 11.1 Å². The summed E-state index contributed by atoms with van der Waals surface area (Å²) >= 11 is 0. The lowest BCUT2D eigenvalue weighted by molar-refractivity contribution is 0.0697. The van der Waals surface area contributed by atoms with Gasteiger partial charge in [0.15, 0.2) is 0 Å². The monoisotopic (exact) mass is 409 g/mol. The Balaban J connectivity index is 1.87. The molecule has 0 fully saturated rings.